The van der Waals surface area contributed by atoms with E-state index < -0.39 is 0 Å². The number of fused-ring (bicyclic) bond motifs is 1. The van der Waals surface area contributed by atoms with Crippen LogP contribution >= 0.6 is 11.3 Å². The Balaban J connectivity index is 2.21. The van der Waals surface area contributed by atoms with Crippen molar-refractivity contribution in [3.63, 3.8) is 0 Å². The lowest BCUT2D eigenvalue weighted by molar-refractivity contribution is 0.349. The molecular weight excluding hydrogens is 216 g/mol. The number of nitrogens with zero attached hydrogens (tertiary/aromatic N) is 1. The molecule has 1 aromatic carbocycles. The smallest absolute Gasteiger partial charge is 0.0944 e. The maximum atomic E-state index is 4.67. The van der Waals surface area contributed by atoms with Crippen LogP contribution in [0, 0.1) is 5.41 Å². The van der Waals surface area contributed by atoms with Gasteiger partial charge in [-0.3, -0.25) is 0 Å². The predicted molar refractivity (Wildman–Crippen MR) is 71.0 cm³/mol. The molecule has 0 aliphatic rings. The first-order chi connectivity index (χ1) is 7.61. The van der Waals surface area contributed by atoms with Gasteiger partial charge >= 0.3 is 0 Å². The molecule has 0 atom stereocenters. The standard InChI is InChI=1S/C13H18N2S/c1-13(2,9-14-3)8-12-15-10-6-4-5-7-11(10)16-12/h4-7,14H,8-9H2,1-3H3. The molecule has 1 N–H and O–H groups in total. The van der Waals surface area contributed by atoms with Gasteiger partial charge < -0.3 is 5.32 Å². The van der Waals surface area contributed by atoms with Gasteiger partial charge in [-0.15, -0.1) is 11.3 Å². The fourth-order valence-electron chi connectivity index (χ4n) is 1.95. The van der Waals surface area contributed by atoms with E-state index in [-0.39, 0.29) is 5.41 Å². The number of para-hydroxylation sites is 1. The van der Waals surface area contributed by atoms with Crippen molar-refractivity contribution in [2.24, 2.45) is 5.41 Å². The van der Waals surface area contributed by atoms with E-state index in [1.807, 2.05) is 24.5 Å². The van der Waals surface area contributed by atoms with Crippen LogP contribution in [-0.4, -0.2) is 18.6 Å². The van der Waals surface area contributed by atoms with Gasteiger partial charge in [-0.05, 0) is 24.6 Å². The van der Waals surface area contributed by atoms with Crippen LogP contribution in [0.15, 0.2) is 24.3 Å². The molecule has 2 aromatic rings. The number of aromatic nitrogens is 1. The van der Waals surface area contributed by atoms with Gasteiger partial charge in [0.2, 0.25) is 0 Å². The second-order valence-electron chi connectivity index (χ2n) is 4.95. The van der Waals surface area contributed by atoms with Gasteiger partial charge in [0.05, 0.1) is 15.2 Å². The highest BCUT2D eigenvalue weighted by atomic mass is 32.1. The molecule has 0 aliphatic heterocycles. The lowest BCUT2D eigenvalue weighted by Gasteiger charge is -2.22. The summed E-state index contributed by atoms with van der Waals surface area (Å²) in [6.07, 6.45) is 1.03. The third kappa shape index (κ3) is 2.60. The van der Waals surface area contributed by atoms with Crippen LogP contribution in [0.25, 0.3) is 10.2 Å². The molecule has 0 bridgehead atoms. The number of rotatable bonds is 4. The van der Waals surface area contributed by atoms with Gasteiger partial charge in [-0.1, -0.05) is 26.0 Å². The molecule has 0 radical (unpaired) electrons. The first-order valence-electron chi connectivity index (χ1n) is 5.60. The Morgan fingerprint density at radius 1 is 1.31 bits per heavy atom. The van der Waals surface area contributed by atoms with E-state index in [0.29, 0.717) is 0 Å². The molecule has 2 rings (SSSR count). The number of hydrogen-bond acceptors (Lipinski definition) is 3. The maximum Gasteiger partial charge on any atom is 0.0944 e. The summed E-state index contributed by atoms with van der Waals surface area (Å²) in [5.41, 5.74) is 1.39. The SMILES string of the molecule is CNCC(C)(C)Cc1nc2ccccc2s1. The van der Waals surface area contributed by atoms with Crippen molar-refractivity contribution in [2.45, 2.75) is 20.3 Å². The van der Waals surface area contributed by atoms with Gasteiger partial charge in [0, 0.05) is 13.0 Å². The number of hydrogen-bond donors (Lipinski definition) is 1. The van der Waals surface area contributed by atoms with Crippen LogP contribution in [0.2, 0.25) is 0 Å². The molecule has 0 unspecified atom stereocenters. The lowest BCUT2D eigenvalue weighted by atomic mass is 9.90. The largest absolute Gasteiger partial charge is 0.319 e. The van der Waals surface area contributed by atoms with E-state index in [4.69, 9.17) is 0 Å². The first-order valence-corrected chi connectivity index (χ1v) is 6.41. The van der Waals surface area contributed by atoms with E-state index in [9.17, 15) is 0 Å². The van der Waals surface area contributed by atoms with Crippen LogP contribution in [-0.2, 0) is 6.42 Å². The summed E-state index contributed by atoms with van der Waals surface area (Å²) in [6, 6.07) is 8.34. The van der Waals surface area contributed by atoms with Crippen LogP contribution < -0.4 is 5.32 Å². The molecule has 1 heterocycles. The van der Waals surface area contributed by atoms with Gasteiger partial charge in [0.15, 0.2) is 0 Å². The quantitative estimate of drug-likeness (QED) is 0.879. The molecule has 1 aromatic heterocycles. The Morgan fingerprint density at radius 3 is 2.75 bits per heavy atom. The molecule has 0 fully saturated rings. The van der Waals surface area contributed by atoms with Crippen molar-refractivity contribution in [1.29, 1.82) is 0 Å². The molecule has 3 heteroatoms. The molecule has 0 spiro atoms. The fraction of sp³-hybridized carbons (Fsp3) is 0.462. The fourth-order valence-corrected chi connectivity index (χ4v) is 3.17. The van der Waals surface area contributed by atoms with Crippen molar-refractivity contribution in [2.75, 3.05) is 13.6 Å². The molecule has 16 heavy (non-hydrogen) atoms. The third-order valence-corrected chi connectivity index (χ3v) is 3.66. The zero-order valence-electron chi connectivity index (χ0n) is 10.1. The summed E-state index contributed by atoms with van der Waals surface area (Å²) in [5.74, 6) is 0. The molecule has 0 saturated carbocycles. The summed E-state index contributed by atoms with van der Waals surface area (Å²) in [4.78, 5) is 4.67. The van der Waals surface area contributed by atoms with Gasteiger partial charge in [0.1, 0.15) is 0 Å². The molecular formula is C13H18N2S. The molecule has 0 amide bonds. The zero-order valence-corrected chi connectivity index (χ0v) is 10.9. The van der Waals surface area contributed by atoms with E-state index in [0.717, 1.165) is 18.5 Å². The van der Waals surface area contributed by atoms with Crippen molar-refractivity contribution in [3.8, 4) is 0 Å². The van der Waals surface area contributed by atoms with Gasteiger partial charge in [-0.2, -0.15) is 0 Å². The Bertz CT molecular complexity index is 440. The minimum absolute atomic E-state index is 0.266. The summed E-state index contributed by atoms with van der Waals surface area (Å²) in [7, 11) is 2.00. The normalized spacial score (nSPS) is 12.2. The topological polar surface area (TPSA) is 24.9 Å². The van der Waals surface area contributed by atoms with Crippen molar-refractivity contribution < 1.29 is 0 Å². The number of nitrogens with one attached hydrogen (secondary N) is 1. The second-order valence-corrected chi connectivity index (χ2v) is 6.06. The average molecular weight is 234 g/mol. The minimum Gasteiger partial charge on any atom is -0.319 e. The predicted octanol–water partition coefficient (Wildman–Crippen LogP) is 3.08. The van der Waals surface area contributed by atoms with Crippen LogP contribution in [0.4, 0.5) is 0 Å². The Morgan fingerprint density at radius 2 is 2.06 bits per heavy atom. The Hall–Kier alpha value is -0.930. The third-order valence-electron chi connectivity index (χ3n) is 2.62. The molecule has 0 saturated heterocycles. The summed E-state index contributed by atoms with van der Waals surface area (Å²) < 4.78 is 1.29. The van der Waals surface area contributed by atoms with Crippen molar-refractivity contribution >= 4 is 21.6 Å². The van der Waals surface area contributed by atoms with E-state index >= 15 is 0 Å². The summed E-state index contributed by atoms with van der Waals surface area (Å²) >= 11 is 1.81. The van der Waals surface area contributed by atoms with E-state index in [1.54, 1.807) is 0 Å². The zero-order chi connectivity index (χ0) is 11.6. The van der Waals surface area contributed by atoms with Crippen LogP contribution in [0.5, 0.6) is 0 Å². The average Bonchev–Trinajstić information content (AvgIpc) is 2.58. The summed E-state index contributed by atoms with van der Waals surface area (Å²) in [6.45, 7) is 5.56. The first kappa shape index (κ1) is 11.6. The monoisotopic (exact) mass is 234 g/mol. The number of benzene rings is 1. The highest BCUT2D eigenvalue weighted by molar-refractivity contribution is 7.18. The van der Waals surface area contributed by atoms with Crippen molar-refractivity contribution in [3.05, 3.63) is 29.3 Å². The number of thiazole rings is 1. The minimum atomic E-state index is 0.266. The van der Waals surface area contributed by atoms with E-state index in [2.05, 4.69) is 42.3 Å². The maximum absolute atomic E-state index is 4.67. The Labute approximate surface area is 101 Å². The van der Waals surface area contributed by atoms with E-state index in [1.165, 1.54) is 9.71 Å². The Kier molecular flexibility index (Phi) is 3.26. The van der Waals surface area contributed by atoms with Gasteiger partial charge in [-0.25, -0.2) is 4.98 Å². The second kappa shape index (κ2) is 4.52. The molecule has 86 valence electrons. The highest BCUT2D eigenvalue weighted by Crippen LogP contribution is 2.27. The lowest BCUT2D eigenvalue weighted by Crippen LogP contribution is -2.28. The molecule has 2 nitrogen and oxygen atoms in total. The van der Waals surface area contributed by atoms with Crippen LogP contribution in [0.1, 0.15) is 18.9 Å². The van der Waals surface area contributed by atoms with Crippen LogP contribution in [0.3, 0.4) is 0 Å². The summed E-state index contributed by atoms with van der Waals surface area (Å²) in [5, 5.41) is 4.48. The van der Waals surface area contributed by atoms with Crippen molar-refractivity contribution in [1.82, 2.24) is 10.3 Å². The molecule has 0 aliphatic carbocycles. The highest BCUT2D eigenvalue weighted by Gasteiger charge is 2.19. The van der Waals surface area contributed by atoms with Gasteiger partial charge in [0.25, 0.3) is 0 Å².